The molecule has 0 unspecified atom stereocenters. The summed E-state index contributed by atoms with van der Waals surface area (Å²) < 4.78 is 1.10. The minimum absolute atomic E-state index is 0.701. The average molecular weight is 325 g/mol. The standard InChI is InChI=1S/C16H25BrN2/c1-12(2)10-11-19(14-6-4-5-7-14)16-9-8-15(17)13(3)18-16/h8-9,12,14H,4-7,10-11H2,1-3H3. The Balaban J connectivity index is 2.17. The number of hydrogen-bond acceptors (Lipinski definition) is 2. The minimum Gasteiger partial charge on any atom is -0.354 e. The second kappa shape index (κ2) is 6.74. The Morgan fingerprint density at radius 1 is 1.32 bits per heavy atom. The van der Waals surface area contributed by atoms with Crippen LogP contribution in [0.25, 0.3) is 0 Å². The number of rotatable bonds is 5. The van der Waals surface area contributed by atoms with Crippen LogP contribution in [-0.4, -0.2) is 17.6 Å². The lowest BCUT2D eigenvalue weighted by Gasteiger charge is -2.31. The monoisotopic (exact) mass is 324 g/mol. The lowest BCUT2D eigenvalue weighted by atomic mass is 10.1. The van der Waals surface area contributed by atoms with Gasteiger partial charge in [-0.15, -0.1) is 0 Å². The molecular formula is C16H25BrN2. The highest BCUT2D eigenvalue weighted by molar-refractivity contribution is 9.10. The maximum Gasteiger partial charge on any atom is 0.129 e. The molecule has 2 rings (SSSR count). The number of aryl methyl sites for hydroxylation is 1. The van der Waals surface area contributed by atoms with Gasteiger partial charge in [0, 0.05) is 17.1 Å². The molecule has 19 heavy (non-hydrogen) atoms. The summed E-state index contributed by atoms with van der Waals surface area (Å²) in [6.07, 6.45) is 6.65. The Morgan fingerprint density at radius 2 is 2.00 bits per heavy atom. The molecule has 0 N–H and O–H groups in total. The van der Waals surface area contributed by atoms with Crippen molar-refractivity contribution in [3.05, 3.63) is 22.3 Å². The zero-order valence-corrected chi connectivity index (χ0v) is 13.9. The molecule has 0 amide bonds. The van der Waals surface area contributed by atoms with Gasteiger partial charge in [0.25, 0.3) is 0 Å². The van der Waals surface area contributed by atoms with E-state index in [2.05, 4.69) is 53.7 Å². The van der Waals surface area contributed by atoms with Crippen molar-refractivity contribution in [2.24, 2.45) is 5.92 Å². The minimum atomic E-state index is 0.701. The van der Waals surface area contributed by atoms with Gasteiger partial charge in [-0.1, -0.05) is 26.7 Å². The molecule has 1 heterocycles. The van der Waals surface area contributed by atoms with Gasteiger partial charge in [-0.05, 0) is 60.2 Å². The summed E-state index contributed by atoms with van der Waals surface area (Å²) in [5.41, 5.74) is 1.09. The Labute approximate surface area is 125 Å². The van der Waals surface area contributed by atoms with Gasteiger partial charge in [0.1, 0.15) is 5.82 Å². The smallest absolute Gasteiger partial charge is 0.129 e. The van der Waals surface area contributed by atoms with Gasteiger partial charge < -0.3 is 4.90 Å². The SMILES string of the molecule is Cc1nc(N(CCC(C)C)C2CCCC2)ccc1Br. The van der Waals surface area contributed by atoms with Crippen LogP contribution in [0, 0.1) is 12.8 Å². The molecule has 0 spiro atoms. The maximum absolute atomic E-state index is 4.77. The molecule has 0 aliphatic heterocycles. The number of anilines is 1. The van der Waals surface area contributed by atoms with Crippen LogP contribution in [0.1, 0.15) is 51.6 Å². The van der Waals surface area contributed by atoms with E-state index in [0.717, 1.165) is 28.4 Å². The zero-order chi connectivity index (χ0) is 13.8. The van der Waals surface area contributed by atoms with Crippen molar-refractivity contribution in [1.29, 1.82) is 0 Å². The third kappa shape index (κ3) is 3.95. The normalized spacial score (nSPS) is 16.3. The van der Waals surface area contributed by atoms with Crippen molar-refractivity contribution >= 4 is 21.7 Å². The summed E-state index contributed by atoms with van der Waals surface area (Å²) >= 11 is 3.54. The van der Waals surface area contributed by atoms with E-state index in [1.54, 1.807) is 0 Å². The van der Waals surface area contributed by atoms with Gasteiger partial charge in [-0.3, -0.25) is 0 Å². The van der Waals surface area contributed by atoms with E-state index in [0.29, 0.717) is 6.04 Å². The summed E-state index contributed by atoms with van der Waals surface area (Å²) in [6, 6.07) is 5.00. The van der Waals surface area contributed by atoms with E-state index < -0.39 is 0 Å². The van der Waals surface area contributed by atoms with Crippen LogP contribution in [0.3, 0.4) is 0 Å². The molecule has 1 saturated carbocycles. The molecule has 2 nitrogen and oxygen atoms in total. The highest BCUT2D eigenvalue weighted by Crippen LogP contribution is 2.29. The average Bonchev–Trinajstić information content (AvgIpc) is 2.87. The Kier molecular flexibility index (Phi) is 5.26. The van der Waals surface area contributed by atoms with Gasteiger partial charge in [0.2, 0.25) is 0 Å². The summed E-state index contributed by atoms with van der Waals surface area (Å²) in [4.78, 5) is 7.32. The van der Waals surface area contributed by atoms with Crippen molar-refractivity contribution < 1.29 is 0 Å². The molecule has 1 aromatic rings. The largest absolute Gasteiger partial charge is 0.354 e. The highest BCUT2D eigenvalue weighted by Gasteiger charge is 2.23. The first-order chi connectivity index (χ1) is 9.08. The molecular weight excluding hydrogens is 300 g/mol. The van der Waals surface area contributed by atoms with Crippen molar-refractivity contribution in [3.8, 4) is 0 Å². The highest BCUT2D eigenvalue weighted by atomic mass is 79.9. The molecule has 1 fully saturated rings. The first kappa shape index (κ1) is 14.8. The molecule has 0 aromatic carbocycles. The number of hydrogen-bond donors (Lipinski definition) is 0. The van der Waals surface area contributed by atoms with Gasteiger partial charge in [-0.25, -0.2) is 4.98 Å². The predicted octanol–water partition coefficient (Wildman–Crippen LogP) is 4.95. The molecule has 0 saturated heterocycles. The van der Waals surface area contributed by atoms with Crippen LogP contribution in [0.4, 0.5) is 5.82 Å². The van der Waals surface area contributed by atoms with Gasteiger partial charge >= 0.3 is 0 Å². The predicted molar refractivity (Wildman–Crippen MR) is 85.7 cm³/mol. The molecule has 0 bridgehead atoms. The number of aromatic nitrogens is 1. The van der Waals surface area contributed by atoms with Gasteiger partial charge in [-0.2, -0.15) is 0 Å². The molecule has 0 radical (unpaired) electrons. The first-order valence-corrected chi connectivity index (χ1v) is 8.27. The summed E-state index contributed by atoms with van der Waals surface area (Å²) in [6.45, 7) is 7.80. The van der Waals surface area contributed by atoms with Gasteiger partial charge in [0.15, 0.2) is 0 Å². The summed E-state index contributed by atoms with van der Waals surface area (Å²) in [5, 5.41) is 0. The lowest BCUT2D eigenvalue weighted by molar-refractivity contribution is 0.524. The van der Waals surface area contributed by atoms with Gasteiger partial charge in [0.05, 0.1) is 5.69 Å². The Bertz CT molecular complexity index is 411. The van der Waals surface area contributed by atoms with Crippen LogP contribution in [0.5, 0.6) is 0 Å². The number of nitrogens with zero attached hydrogens (tertiary/aromatic N) is 2. The lowest BCUT2D eigenvalue weighted by Crippen LogP contribution is -2.35. The molecule has 1 aromatic heterocycles. The van der Waals surface area contributed by atoms with E-state index in [9.17, 15) is 0 Å². The zero-order valence-electron chi connectivity index (χ0n) is 12.3. The van der Waals surface area contributed by atoms with Crippen molar-refractivity contribution in [2.75, 3.05) is 11.4 Å². The van der Waals surface area contributed by atoms with Crippen molar-refractivity contribution in [1.82, 2.24) is 4.98 Å². The van der Waals surface area contributed by atoms with Crippen LogP contribution in [-0.2, 0) is 0 Å². The van der Waals surface area contributed by atoms with Crippen LogP contribution in [0.2, 0.25) is 0 Å². The van der Waals surface area contributed by atoms with Crippen molar-refractivity contribution in [2.45, 2.75) is 58.9 Å². The number of halogens is 1. The number of pyridine rings is 1. The molecule has 3 heteroatoms. The fraction of sp³-hybridized carbons (Fsp3) is 0.688. The second-order valence-corrected chi connectivity index (χ2v) is 6.91. The van der Waals surface area contributed by atoms with Crippen molar-refractivity contribution in [3.63, 3.8) is 0 Å². The van der Waals surface area contributed by atoms with E-state index in [-0.39, 0.29) is 0 Å². The quantitative estimate of drug-likeness (QED) is 0.761. The topological polar surface area (TPSA) is 16.1 Å². The summed E-state index contributed by atoms with van der Waals surface area (Å²) in [7, 11) is 0. The fourth-order valence-electron chi connectivity index (χ4n) is 2.79. The van der Waals surface area contributed by atoms with Crippen LogP contribution in [0.15, 0.2) is 16.6 Å². The Hall–Kier alpha value is -0.570. The third-order valence-electron chi connectivity index (χ3n) is 4.01. The molecule has 106 valence electrons. The van der Waals surface area contributed by atoms with Crippen LogP contribution < -0.4 is 4.90 Å². The summed E-state index contributed by atoms with van der Waals surface area (Å²) in [5.74, 6) is 1.91. The third-order valence-corrected chi connectivity index (χ3v) is 4.85. The Morgan fingerprint density at radius 3 is 2.58 bits per heavy atom. The molecule has 1 aliphatic rings. The van der Waals surface area contributed by atoms with Crippen LogP contribution >= 0.6 is 15.9 Å². The van der Waals surface area contributed by atoms with E-state index in [1.165, 1.54) is 32.1 Å². The molecule has 1 aliphatic carbocycles. The van der Waals surface area contributed by atoms with E-state index >= 15 is 0 Å². The van der Waals surface area contributed by atoms with E-state index in [4.69, 9.17) is 4.98 Å². The fourth-order valence-corrected chi connectivity index (χ4v) is 3.01. The van der Waals surface area contributed by atoms with E-state index in [1.807, 2.05) is 0 Å². The molecule has 0 atom stereocenters. The second-order valence-electron chi connectivity index (χ2n) is 6.05. The maximum atomic E-state index is 4.77. The first-order valence-electron chi connectivity index (χ1n) is 7.47.